The quantitative estimate of drug-likeness (QED) is 0.494. The van der Waals surface area contributed by atoms with E-state index in [0.29, 0.717) is 18.4 Å². The van der Waals surface area contributed by atoms with E-state index in [1.54, 1.807) is 5.51 Å². The number of ether oxygens (including phenoxy) is 1. The van der Waals surface area contributed by atoms with E-state index in [1.165, 1.54) is 11.3 Å². The van der Waals surface area contributed by atoms with Gasteiger partial charge in [-0.05, 0) is 43.2 Å². The molecule has 0 aromatic carbocycles. The molecule has 1 aliphatic rings. The predicted octanol–water partition coefficient (Wildman–Crippen LogP) is 4.59. The van der Waals surface area contributed by atoms with Gasteiger partial charge in [0.05, 0.1) is 23.1 Å². The van der Waals surface area contributed by atoms with Gasteiger partial charge in [0, 0.05) is 43.3 Å². The Kier molecular flexibility index (Phi) is 7.93. The molecule has 33 heavy (non-hydrogen) atoms. The second-order valence-electron chi connectivity index (χ2n) is 8.93. The normalized spacial score (nSPS) is 14.6. The van der Waals surface area contributed by atoms with Gasteiger partial charge in [0.15, 0.2) is 0 Å². The summed E-state index contributed by atoms with van der Waals surface area (Å²) in [6.07, 6.45) is 6.74. The van der Waals surface area contributed by atoms with Crippen molar-refractivity contribution >= 4 is 23.2 Å². The molecule has 176 valence electrons. The van der Waals surface area contributed by atoms with Crippen molar-refractivity contribution in [2.45, 2.75) is 46.3 Å². The second kappa shape index (κ2) is 11.3. The summed E-state index contributed by atoms with van der Waals surface area (Å²) in [4.78, 5) is 23.2. The minimum absolute atomic E-state index is 0.221. The van der Waals surface area contributed by atoms with Gasteiger partial charge in [0.2, 0.25) is 0 Å². The van der Waals surface area contributed by atoms with Crippen molar-refractivity contribution in [1.29, 1.82) is 0 Å². The third-order valence-electron chi connectivity index (χ3n) is 5.81. The fourth-order valence-electron chi connectivity index (χ4n) is 4.06. The molecular formula is C24H32N6O2S. The van der Waals surface area contributed by atoms with Crippen LogP contribution in [0, 0.1) is 11.8 Å². The predicted molar refractivity (Wildman–Crippen MR) is 130 cm³/mol. The highest BCUT2D eigenvalue weighted by atomic mass is 32.1. The largest absolute Gasteiger partial charge is 0.443 e. The van der Waals surface area contributed by atoms with Crippen LogP contribution in [-0.4, -0.2) is 45.5 Å². The molecule has 3 aromatic rings. The summed E-state index contributed by atoms with van der Waals surface area (Å²) >= 11 is 1.49. The highest BCUT2D eigenvalue weighted by Crippen LogP contribution is 2.26. The number of anilines is 1. The Morgan fingerprint density at radius 3 is 2.91 bits per heavy atom. The highest BCUT2D eigenvalue weighted by molar-refractivity contribution is 7.07. The first kappa shape index (κ1) is 23.2. The lowest BCUT2D eigenvalue weighted by Gasteiger charge is -2.33. The molecule has 1 amide bonds. The molecule has 0 bridgehead atoms. The van der Waals surface area contributed by atoms with Gasteiger partial charge in [-0.3, -0.25) is 4.68 Å². The summed E-state index contributed by atoms with van der Waals surface area (Å²) in [5.41, 5.74) is 4.53. The zero-order valence-electron chi connectivity index (χ0n) is 19.3. The van der Waals surface area contributed by atoms with Crippen molar-refractivity contribution in [1.82, 2.24) is 25.1 Å². The molecule has 9 heteroatoms. The molecule has 0 unspecified atom stereocenters. The van der Waals surface area contributed by atoms with E-state index in [9.17, 15) is 4.79 Å². The molecule has 3 aromatic heterocycles. The van der Waals surface area contributed by atoms with Crippen molar-refractivity contribution in [2.75, 3.05) is 24.5 Å². The van der Waals surface area contributed by atoms with Crippen LogP contribution in [0.5, 0.6) is 0 Å². The van der Waals surface area contributed by atoms with Gasteiger partial charge in [0.1, 0.15) is 12.4 Å². The first-order chi connectivity index (χ1) is 16.1. The van der Waals surface area contributed by atoms with Crippen LogP contribution in [0.2, 0.25) is 0 Å². The van der Waals surface area contributed by atoms with E-state index in [1.807, 2.05) is 22.3 Å². The average molecular weight is 469 g/mol. The van der Waals surface area contributed by atoms with E-state index >= 15 is 0 Å². The van der Waals surface area contributed by atoms with Crippen LogP contribution in [0.1, 0.15) is 38.8 Å². The number of hydrogen-bond donors (Lipinski definition) is 1. The number of hydrogen-bond acceptors (Lipinski definition) is 7. The molecule has 4 heterocycles. The zero-order chi connectivity index (χ0) is 23.0. The Morgan fingerprint density at radius 1 is 1.30 bits per heavy atom. The maximum atomic E-state index is 11.8. The van der Waals surface area contributed by atoms with Crippen molar-refractivity contribution in [3.8, 4) is 11.3 Å². The van der Waals surface area contributed by atoms with Gasteiger partial charge in [-0.2, -0.15) is 5.10 Å². The fraction of sp³-hybridized carbons (Fsp3) is 0.500. The number of rotatable bonds is 9. The van der Waals surface area contributed by atoms with Crippen LogP contribution in [0.4, 0.5) is 10.6 Å². The van der Waals surface area contributed by atoms with Gasteiger partial charge >= 0.3 is 6.09 Å². The number of carbonyl (C=O) groups is 1. The van der Waals surface area contributed by atoms with Crippen LogP contribution >= 0.6 is 11.3 Å². The Hall–Kier alpha value is -2.94. The summed E-state index contributed by atoms with van der Waals surface area (Å²) in [6.45, 7) is 8.09. The molecule has 0 radical (unpaired) electrons. The van der Waals surface area contributed by atoms with E-state index in [2.05, 4.69) is 52.5 Å². The molecule has 0 aliphatic carbocycles. The molecule has 4 rings (SSSR count). The Bertz CT molecular complexity index is 1010. The van der Waals surface area contributed by atoms with Crippen LogP contribution in [-0.2, 0) is 17.9 Å². The summed E-state index contributed by atoms with van der Waals surface area (Å²) in [6, 6.07) is 6.21. The number of alkyl carbamates (subject to hydrolysis) is 1. The molecule has 0 spiro atoms. The molecule has 8 nitrogen and oxygen atoms in total. The van der Waals surface area contributed by atoms with Crippen molar-refractivity contribution in [3.05, 3.63) is 47.2 Å². The standard InChI is InChI=1S/C24H32N6O2S/c1-18(2)13-30-14-20(12-27-30)22-4-3-5-23(28-22)29-10-7-19(8-11-29)6-9-25-24(31)32-15-21-16-33-17-26-21/h3-5,12,14,16-19H,6-11,13,15H2,1-2H3,(H,25,31). The van der Waals surface area contributed by atoms with E-state index in [4.69, 9.17) is 9.72 Å². The number of piperidine rings is 1. The van der Waals surface area contributed by atoms with Crippen molar-refractivity contribution in [3.63, 3.8) is 0 Å². The maximum absolute atomic E-state index is 11.8. The van der Waals surface area contributed by atoms with Crippen LogP contribution in [0.15, 0.2) is 41.5 Å². The van der Waals surface area contributed by atoms with Gasteiger partial charge in [-0.15, -0.1) is 11.3 Å². The minimum Gasteiger partial charge on any atom is -0.443 e. The minimum atomic E-state index is -0.377. The molecule has 1 fully saturated rings. The summed E-state index contributed by atoms with van der Waals surface area (Å²) in [7, 11) is 0. The topological polar surface area (TPSA) is 85.2 Å². The highest BCUT2D eigenvalue weighted by Gasteiger charge is 2.20. The number of aromatic nitrogens is 4. The number of pyridine rings is 1. The summed E-state index contributed by atoms with van der Waals surface area (Å²) in [5.74, 6) is 2.17. The monoisotopic (exact) mass is 468 g/mol. The third-order valence-corrected chi connectivity index (χ3v) is 6.45. The lowest BCUT2D eigenvalue weighted by atomic mass is 9.93. The molecular weight excluding hydrogens is 436 g/mol. The Labute approximate surface area is 199 Å². The second-order valence-corrected chi connectivity index (χ2v) is 9.65. The molecule has 0 saturated carbocycles. The fourth-order valence-corrected chi connectivity index (χ4v) is 4.60. The van der Waals surface area contributed by atoms with Crippen LogP contribution < -0.4 is 10.2 Å². The Morgan fingerprint density at radius 2 is 2.15 bits per heavy atom. The van der Waals surface area contributed by atoms with Crippen molar-refractivity contribution < 1.29 is 9.53 Å². The number of nitrogens with zero attached hydrogens (tertiary/aromatic N) is 5. The van der Waals surface area contributed by atoms with E-state index in [0.717, 1.165) is 61.7 Å². The SMILES string of the molecule is CC(C)Cn1cc(-c2cccc(N3CCC(CCNC(=O)OCc4cscn4)CC3)n2)cn1. The van der Waals surface area contributed by atoms with Gasteiger partial charge < -0.3 is 15.0 Å². The van der Waals surface area contributed by atoms with Gasteiger partial charge in [-0.25, -0.2) is 14.8 Å². The molecule has 1 saturated heterocycles. The molecule has 1 aliphatic heterocycles. The molecule has 1 N–H and O–H groups in total. The number of nitrogens with one attached hydrogen (secondary N) is 1. The van der Waals surface area contributed by atoms with Gasteiger partial charge in [-0.1, -0.05) is 19.9 Å². The van der Waals surface area contributed by atoms with Gasteiger partial charge in [0.25, 0.3) is 0 Å². The van der Waals surface area contributed by atoms with Crippen LogP contribution in [0.25, 0.3) is 11.3 Å². The smallest absolute Gasteiger partial charge is 0.407 e. The zero-order valence-corrected chi connectivity index (χ0v) is 20.1. The lowest BCUT2D eigenvalue weighted by Crippen LogP contribution is -2.35. The first-order valence-electron chi connectivity index (χ1n) is 11.6. The van der Waals surface area contributed by atoms with E-state index in [-0.39, 0.29) is 12.7 Å². The Balaban J connectivity index is 1.21. The summed E-state index contributed by atoms with van der Waals surface area (Å²) < 4.78 is 7.18. The first-order valence-corrected chi connectivity index (χ1v) is 12.5. The number of thiazole rings is 1. The van der Waals surface area contributed by atoms with E-state index < -0.39 is 0 Å². The van der Waals surface area contributed by atoms with Crippen molar-refractivity contribution in [2.24, 2.45) is 11.8 Å². The summed E-state index contributed by atoms with van der Waals surface area (Å²) in [5, 5.41) is 9.21. The van der Waals surface area contributed by atoms with Crippen LogP contribution in [0.3, 0.4) is 0 Å². The average Bonchev–Trinajstić information content (AvgIpc) is 3.50. The maximum Gasteiger partial charge on any atom is 0.407 e. The number of carbonyl (C=O) groups excluding carboxylic acids is 1. The number of amides is 1. The third kappa shape index (κ3) is 6.77. The lowest BCUT2D eigenvalue weighted by molar-refractivity contribution is 0.137. The molecule has 0 atom stereocenters.